The number of benzene rings is 1. The van der Waals surface area contributed by atoms with E-state index >= 15 is 0 Å². The third-order valence-electron chi connectivity index (χ3n) is 5.21. The molecule has 3 aromatic rings. The number of nitrogens with zero attached hydrogens (tertiary/aromatic N) is 2. The lowest BCUT2D eigenvalue weighted by Crippen LogP contribution is -2.48. The van der Waals surface area contributed by atoms with Gasteiger partial charge in [0.25, 0.3) is 5.91 Å². The molecule has 0 aliphatic carbocycles. The van der Waals surface area contributed by atoms with Gasteiger partial charge in [0, 0.05) is 37.6 Å². The van der Waals surface area contributed by atoms with Crippen molar-refractivity contribution in [3.8, 4) is 5.75 Å². The average Bonchev–Trinajstić information content (AvgIpc) is 3.41. The summed E-state index contributed by atoms with van der Waals surface area (Å²) >= 11 is 1.78. The summed E-state index contributed by atoms with van der Waals surface area (Å²) in [5.41, 5.74) is 2.23. The zero-order valence-electron chi connectivity index (χ0n) is 16.9. The first-order valence-electron chi connectivity index (χ1n) is 9.91. The van der Waals surface area contributed by atoms with Gasteiger partial charge >= 0.3 is 0 Å². The molecule has 1 amide bonds. The van der Waals surface area contributed by atoms with E-state index in [1.807, 2.05) is 36.9 Å². The molecule has 152 valence electrons. The largest absolute Gasteiger partial charge is 0.485 e. The van der Waals surface area contributed by atoms with Crippen LogP contribution < -0.4 is 4.74 Å². The van der Waals surface area contributed by atoms with E-state index < -0.39 is 0 Å². The van der Waals surface area contributed by atoms with E-state index in [0.717, 1.165) is 49.6 Å². The molecule has 0 radical (unpaired) electrons. The minimum atomic E-state index is -0.0428. The van der Waals surface area contributed by atoms with Crippen LogP contribution in [-0.4, -0.2) is 41.9 Å². The lowest BCUT2D eigenvalue weighted by Gasteiger charge is -2.34. The van der Waals surface area contributed by atoms with Gasteiger partial charge in [-0.3, -0.25) is 9.69 Å². The first-order valence-corrected chi connectivity index (χ1v) is 10.8. The zero-order chi connectivity index (χ0) is 20.2. The van der Waals surface area contributed by atoms with Crippen LogP contribution in [0.4, 0.5) is 0 Å². The van der Waals surface area contributed by atoms with Gasteiger partial charge in [-0.25, -0.2) is 0 Å². The fourth-order valence-electron chi connectivity index (χ4n) is 3.47. The molecule has 5 nitrogen and oxygen atoms in total. The molecule has 1 saturated heterocycles. The third kappa shape index (κ3) is 4.89. The number of piperazine rings is 1. The summed E-state index contributed by atoms with van der Waals surface area (Å²) in [5.74, 6) is 1.84. The van der Waals surface area contributed by atoms with Gasteiger partial charge in [-0.05, 0) is 54.6 Å². The molecule has 0 unspecified atom stereocenters. The predicted molar refractivity (Wildman–Crippen MR) is 114 cm³/mol. The molecule has 0 saturated carbocycles. The van der Waals surface area contributed by atoms with Gasteiger partial charge in [-0.2, -0.15) is 0 Å². The number of carbonyl (C=O) groups excluding carboxylic acids is 1. The lowest BCUT2D eigenvalue weighted by atomic mass is 10.1. The molecule has 4 rings (SSSR count). The molecule has 2 aromatic heterocycles. The Morgan fingerprint density at radius 2 is 1.93 bits per heavy atom. The molecule has 1 fully saturated rings. The molecule has 3 heterocycles. The first-order chi connectivity index (χ1) is 14.1. The van der Waals surface area contributed by atoms with Crippen molar-refractivity contribution < 1.29 is 13.9 Å². The highest BCUT2D eigenvalue weighted by Gasteiger charge is 2.24. The Bertz CT molecular complexity index is 956. The van der Waals surface area contributed by atoms with Crippen molar-refractivity contribution in [2.75, 3.05) is 26.2 Å². The highest BCUT2D eigenvalue weighted by Crippen LogP contribution is 2.21. The highest BCUT2D eigenvalue weighted by atomic mass is 32.1. The van der Waals surface area contributed by atoms with Gasteiger partial charge in [0.05, 0.1) is 0 Å². The van der Waals surface area contributed by atoms with E-state index in [0.29, 0.717) is 18.1 Å². The molecule has 1 aliphatic rings. The monoisotopic (exact) mass is 410 g/mol. The molecule has 29 heavy (non-hydrogen) atoms. The molecule has 0 N–H and O–H groups in total. The van der Waals surface area contributed by atoms with E-state index in [1.54, 1.807) is 17.4 Å². The summed E-state index contributed by atoms with van der Waals surface area (Å²) in [4.78, 5) is 18.4. The van der Waals surface area contributed by atoms with Crippen molar-refractivity contribution in [2.45, 2.75) is 27.0 Å². The molecule has 0 spiro atoms. The van der Waals surface area contributed by atoms with Gasteiger partial charge in [0.1, 0.15) is 18.1 Å². The number of furan rings is 1. The maximum Gasteiger partial charge on any atom is 0.289 e. The lowest BCUT2D eigenvalue weighted by molar-refractivity contribution is 0.0595. The third-order valence-corrected chi connectivity index (χ3v) is 6.07. The molecule has 0 atom stereocenters. The second-order valence-electron chi connectivity index (χ2n) is 7.47. The van der Waals surface area contributed by atoms with Crippen LogP contribution in [-0.2, 0) is 13.2 Å². The van der Waals surface area contributed by atoms with Crippen molar-refractivity contribution >= 4 is 17.2 Å². The number of carbonyl (C=O) groups is 1. The van der Waals surface area contributed by atoms with Crippen molar-refractivity contribution in [1.29, 1.82) is 0 Å². The normalized spacial score (nSPS) is 14.9. The number of aryl methyl sites for hydroxylation is 2. The fourth-order valence-corrected chi connectivity index (χ4v) is 4.22. The van der Waals surface area contributed by atoms with Crippen LogP contribution in [0.3, 0.4) is 0 Å². The van der Waals surface area contributed by atoms with Crippen molar-refractivity contribution in [3.63, 3.8) is 0 Å². The van der Waals surface area contributed by atoms with Crippen LogP contribution in [0.5, 0.6) is 5.75 Å². The Morgan fingerprint density at radius 3 is 2.69 bits per heavy atom. The SMILES string of the molecule is Cc1ccc(C)c(OCc2ccc(C(=O)N3CCN(Cc4cccs4)CC3)o2)c1. The van der Waals surface area contributed by atoms with Crippen LogP contribution in [0.15, 0.2) is 52.3 Å². The van der Waals surface area contributed by atoms with Crippen LogP contribution in [0.2, 0.25) is 0 Å². The van der Waals surface area contributed by atoms with Gasteiger partial charge < -0.3 is 14.1 Å². The Kier molecular flexibility index (Phi) is 6.02. The summed E-state index contributed by atoms with van der Waals surface area (Å²) < 4.78 is 11.7. The number of amides is 1. The van der Waals surface area contributed by atoms with E-state index in [1.165, 1.54) is 4.88 Å². The Labute approximate surface area is 175 Å². The minimum Gasteiger partial charge on any atom is -0.485 e. The van der Waals surface area contributed by atoms with E-state index in [9.17, 15) is 4.79 Å². The summed E-state index contributed by atoms with van der Waals surface area (Å²) in [6.07, 6.45) is 0. The maximum absolute atomic E-state index is 12.8. The number of ether oxygens (including phenoxy) is 1. The summed E-state index contributed by atoms with van der Waals surface area (Å²) in [7, 11) is 0. The zero-order valence-corrected chi connectivity index (χ0v) is 17.7. The molecular formula is C23H26N2O3S. The van der Waals surface area contributed by atoms with Crippen molar-refractivity contribution in [3.05, 3.63) is 75.4 Å². The average molecular weight is 411 g/mol. The van der Waals surface area contributed by atoms with E-state index in [4.69, 9.17) is 9.15 Å². The maximum atomic E-state index is 12.8. The van der Waals surface area contributed by atoms with Gasteiger partial charge in [-0.1, -0.05) is 18.2 Å². The van der Waals surface area contributed by atoms with Crippen molar-refractivity contribution in [1.82, 2.24) is 9.80 Å². The number of rotatable bonds is 6. The summed E-state index contributed by atoms with van der Waals surface area (Å²) in [6.45, 7) is 8.53. The molecule has 1 aromatic carbocycles. The van der Waals surface area contributed by atoms with Gasteiger partial charge in [0.15, 0.2) is 5.76 Å². The topological polar surface area (TPSA) is 45.9 Å². The molecule has 1 aliphatic heterocycles. The second-order valence-corrected chi connectivity index (χ2v) is 8.50. The minimum absolute atomic E-state index is 0.0428. The first kappa shape index (κ1) is 19.7. The summed E-state index contributed by atoms with van der Waals surface area (Å²) in [5, 5.41) is 2.10. The Hall–Kier alpha value is -2.57. The second kappa shape index (κ2) is 8.84. The van der Waals surface area contributed by atoms with Crippen LogP contribution >= 0.6 is 11.3 Å². The standard InChI is InChI=1S/C23H26N2O3S/c1-17-5-6-18(2)22(14-17)27-16-19-7-8-21(28-19)23(26)25-11-9-24(10-12-25)15-20-4-3-13-29-20/h3-8,13-14H,9-12,15-16H2,1-2H3. The van der Waals surface area contributed by atoms with Gasteiger partial charge in [-0.15, -0.1) is 11.3 Å². The Morgan fingerprint density at radius 1 is 1.10 bits per heavy atom. The van der Waals surface area contributed by atoms with Crippen molar-refractivity contribution in [2.24, 2.45) is 0 Å². The number of thiophene rings is 1. The Balaban J connectivity index is 1.30. The number of hydrogen-bond acceptors (Lipinski definition) is 5. The van der Waals surface area contributed by atoms with Crippen LogP contribution in [0.1, 0.15) is 32.3 Å². The van der Waals surface area contributed by atoms with Crippen LogP contribution in [0, 0.1) is 13.8 Å². The van der Waals surface area contributed by atoms with E-state index in [-0.39, 0.29) is 5.91 Å². The fraction of sp³-hybridized carbons (Fsp3) is 0.348. The molecule has 0 bridgehead atoms. The molecule has 6 heteroatoms. The van der Waals surface area contributed by atoms with E-state index in [2.05, 4.69) is 28.5 Å². The molecular weight excluding hydrogens is 384 g/mol. The number of hydrogen-bond donors (Lipinski definition) is 0. The van der Waals surface area contributed by atoms with Crippen LogP contribution in [0.25, 0.3) is 0 Å². The summed E-state index contributed by atoms with van der Waals surface area (Å²) in [6, 6.07) is 13.9. The quantitative estimate of drug-likeness (QED) is 0.600. The smallest absolute Gasteiger partial charge is 0.289 e. The van der Waals surface area contributed by atoms with Gasteiger partial charge in [0.2, 0.25) is 0 Å². The highest BCUT2D eigenvalue weighted by molar-refractivity contribution is 7.09. The predicted octanol–water partition coefficient (Wildman–Crippen LogP) is 4.49.